The van der Waals surface area contributed by atoms with Crippen LogP contribution in [0.15, 0.2) is 24.3 Å². The number of hydrogen-bond donors (Lipinski definition) is 1. The standard InChI is InChI=1S/C13H17NO2/c1-9(2)7-8-14-12-10-5-3-4-6-11(10)13(15)16-12/h3-6,9,12,14H,7-8H2,1-2H3. The molecular weight excluding hydrogens is 202 g/mol. The fourth-order valence-corrected chi connectivity index (χ4v) is 1.80. The predicted molar refractivity (Wildman–Crippen MR) is 62.1 cm³/mol. The molecule has 0 spiro atoms. The molecule has 0 radical (unpaired) electrons. The molecule has 16 heavy (non-hydrogen) atoms. The average Bonchev–Trinajstić information content (AvgIpc) is 2.57. The Bertz CT molecular complexity index is 387. The lowest BCUT2D eigenvalue weighted by molar-refractivity contribution is 0.0307. The van der Waals surface area contributed by atoms with Crippen LogP contribution in [0.25, 0.3) is 0 Å². The minimum absolute atomic E-state index is 0.224. The third-order valence-corrected chi connectivity index (χ3v) is 2.74. The molecule has 0 bridgehead atoms. The highest BCUT2D eigenvalue weighted by molar-refractivity contribution is 5.93. The van der Waals surface area contributed by atoms with Crippen molar-refractivity contribution in [2.45, 2.75) is 26.5 Å². The monoisotopic (exact) mass is 219 g/mol. The minimum Gasteiger partial charge on any atom is -0.439 e. The Morgan fingerprint density at radius 2 is 2.12 bits per heavy atom. The third kappa shape index (κ3) is 2.25. The van der Waals surface area contributed by atoms with Gasteiger partial charge >= 0.3 is 5.97 Å². The number of ether oxygens (including phenoxy) is 1. The molecule has 1 aliphatic rings. The predicted octanol–water partition coefficient (Wildman–Crippen LogP) is 2.49. The van der Waals surface area contributed by atoms with Gasteiger partial charge in [0.25, 0.3) is 0 Å². The van der Waals surface area contributed by atoms with E-state index in [0.29, 0.717) is 11.5 Å². The molecule has 1 N–H and O–H groups in total. The van der Waals surface area contributed by atoms with E-state index >= 15 is 0 Å². The number of esters is 1. The fourth-order valence-electron chi connectivity index (χ4n) is 1.80. The van der Waals surface area contributed by atoms with Gasteiger partial charge in [0.15, 0.2) is 6.23 Å². The highest BCUT2D eigenvalue weighted by atomic mass is 16.6. The first-order chi connectivity index (χ1) is 7.68. The van der Waals surface area contributed by atoms with Gasteiger partial charge in [-0.2, -0.15) is 0 Å². The summed E-state index contributed by atoms with van der Waals surface area (Å²) in [5, 5.41) is 3.26. The first-order valence-electron chi connectivity index (χ1n) is 5.72. The zero-order chi connectivity index (χ0) is 11.5. The lowest BCUT2D eigenvalue weighted by Crippen LogP contribution is -2.23. The number of rotatable bonds is 4. The lowest BCUT2D eigenvalue weighted by Gasteiger charge is -2.13. The van der Waals surface area contributed by atoms with Gasteiger partial charge in [0.2, 0.25) is 0 Å². The Morgan fingerprint density at radius 1 is 1.38 bits per heavy atom. The van der Waals surface area contributed by atoms with Crippen LogP contribution in [0.2, 0.25) is 0 Å². The summed E-state index contributed by atoms with van der Waals surface area (Å²) in [6, 6.07) is 7.53. The van der Waals surface area contributed by atoms with Crippen molar-refractivity contribution in [2.75, 3.05) is 6.54 Å². The van der Waals surface area contributed by atoms with Gasteiger partial charge in [-0.05, 0) is 24.9 Å². The van der Waals surface area contributed by atoms with Gasteiger partial charge in [-0.3, -0.25) is 5.32 Å². The zero-order valence-electron chi connectivity index (χ0n) is 9.69. The maximum atomic E-state index is 11.5. The van der Waals surface area contributed by atoms with E-state index in [4.69, 9.17) is 4.74 Å². The average molecular weight is 219 g/mol. The van der Waals surface area contributed by atoms with Crippen LogP contribution in [0.1, 0.15) is 42.4 Å². The number of fused-ring (bicyclic) bond motifs is 1. The minimum atomic E-state index is -0.262. The van der Waals surface area contributed by atoms with Gasteiger partial charge in [0.1, 0.15) is 0 Å². The summed E-state index contributed by atoms with van der Waals surface area (Å²) in [5.41, 5.74) is 1.64. The quantitative estimate of drug-likeness (QED) is 0.791. The summed E-state index contributed by atoms with van der Waals surface area (Å²) in [6.07, 6.45) is 0.818. The maximum absolute atomic E-state index is 11.5. The van der Waals surface area contributed by atoms with Crippen LogP contribution in [-0.4, -0.2) is 12.5 Å². The Hall–Kier alpha value is -1.35. The summed E-state index contributed by atoms with van der Waals surface area (Å²) in [4.78, 5) is 11.5. The highest BCUT2D eigenvalue weighted by Crippen LogP contribution is 2.28. The van der Waals surface area contributed by atoms with E-state index in [1.54, 1.807) is 0 Å². The van der Waals surface area contributed by atoms with E-state index in [-0.39, 0.29) is 12.2 Å². The maximum Gasteiger partial charge on any atom is 0.340 e. The van der Waals surface area contributed by atoms with E-state index in [1.807, 2.05) is 24.3 Å². The van der Waals surface area contributed by atoms with Crippen molar-refractivity contribution >= 4 is 5.97 Å². The molecule has 3 heteroatoms. The molecule has 3 nitrogen and oxygen atoms in total. The van der Waals surface area contributed by atoms with Crippen molar-refractivity contribution in [3.05, 3.63) is 35.4 Å². The molecule has 0 saturated heterocycles. The molecule has 0 amide bonds. The molecular formula is C13H17NO2. The number of hydrogen-bond acceptors (Lipinski definition) is 3. The number of carbonyl (C=O) groups is 1. The van der Waals surface area contributed by atoms with Crippen molar-refractivity contribution in [3.8, 4) is 0 Å². The van der Waals surface area contributed by atoms with Gasteiger partial charge in [0.05, 0.1) is 5.56 Å². The summed E-state index contributed by atoms with van der Waals surface area (Å²) in [6.45, 7) is 5.22. The van der Waals surface area contributed by atoms with Crippen molar-refractivity contribution < 1.29 is 9.53 Å². The number of cyclic esters (lactones) is 1. The summed E-state index contributed by atoms with van der Waals surface area (Å²) < 4.78 is 5.26. The largest absolute Gasteiger partial charge is 0.439 e. The number of carbonyl (C=O) groups excluding carboxylic acids is 1. The van der Waals surface area contributed by atoms with Crippen LogP contribution in [0.5, 0.6) is 0 Å². The van der Waals surface area contributed by atoms with Crippen LogP contribution in [0, 0.1) is 5.92 Å². The van der Waals surface area contributed by atoms with Crippen LogP contribution < -0.4 is 5.32 Å². The highest BCUT2D eigenvalue weighted by Gasteiger charge is 2.29. The van der Waals surface area contributed by atoms with Crippen LogP contribution in [0.3, 0.4) is 0 Å². The van der Waals surface area contributed by atoms with Crippen molar-refractivity contribution in [2.24, 2.45) is 5.92 Å². The summed E-state index contributed by atoms with van der Waals surface area (Å²) in [5.74, 6) is 0.428. The Morgan fingerprint density at radius 3 is 2.88 bits per heavy atom. The van der Waals surface area contributed by atoms with Crippen LogP contribution in [-0.2, 0) is 4.74 Å². The third-order valence-electron chi connectivity index (χ3n) is 2.74. The molecule has 1 atom stereocenters. The zero-order valence-corrected chi connectivity index (χ0v) is 9.69. The van der Waals surface area contributed by atoms with E-state index in [9.17, 15) is 4.79 Å². The second kappa shape index (κ2) is 4.66. The summed E-state index contributed by atoms with van der Waals surface area (Å²) in [7, 11) is 0. The van der Waals surface area contributed by atoms with E-state index in [0.717, 1.165) is 18.5 Å². The molecule has 1 aromatic carbocycles. The Labute approximate surface area is 95.8 Å². The first-order valence-corrected chi connectivity index (χ1v) is 5.72. The Balaban J connectivity index is 2.01. The molecule has 2 rings (SSSR count). The van der Waals surface area contributed by atoms with Crippen LogP contribution in [0.4, 0.5) is 0 Å². The van der Waals surface area contributed by atoms with Gasteiger partial charge < -0.3 is 4.74 Å². The van der Waals surface area contributed by atoms with Gasteiger partial charge in [-0.1, -0.05) is 32.0 Å². The smallest absolute Gasteiger partial charge is 0.340 e. The molecule has 0 saturated carbocycles. The van der Waals surface area contributed by atoms with E-state index in [1.165, 1.54) is 0 Å². The second-order valence-electron chi connectivity index (χ2n) is 4.51. The molecule has 0 aromatic heterocycles. The molecule has 1 aromatic rings. The van der Waals surface area contributed by atoms with Crippen molar-refractivity contribution in [3.63, 3.8) is 0 Å². The molecule has 1 aliphatic heterocycles. The van der Waals surface area contributed by atoms with Crippen molar-refractivity contribution in [1.82, 2.24) is 5.32 Å². The first kappa shape index (κ1) is 11.1. The topological polar surface area (TPSA) is 38.3 Å². The fraction of sp³-hybridized carbons (Fsp3) is 0.462. The number of nitrogens with one attached hydrogen (secondary N) is 1. The van der Waals surface area contributed by atoms with Gasteiger partial charge in [0, 0.05) is 5.56 Å². The van der Waals surface area contributed by atoms with E-state index in [2.05, 4.69) is 19.2 Å². The lowest BCUT2D eigenvalue weighted by atomic mass is 10.1. The molecule has 86 valence electrons. The van der Waals surface area contributed by atoms with Crippen LogP contribution >= 0.6 is 0 Å². The molecule has 0 aliphatic carbocycles. The SMILES string of the molecule is CC(C)CCNC1OC(=O)c2ccccc21. The normalized spacial score (nSPS) is 18.7. The summed E-state index contributed by atoms with van der Waals surface area (Å²) >= 11 is 0. The Kier molecular flexibility index (Phi) is 3.25. The second-order valence-corrected chi connectivity index (χ2v) is 4.51. The van der Waals surface area contributed by atoms with E-state index < -0.39 is 0 Å². The van der Waals surface area contributed by atoms with Crippen molar-refractivity contribution in [1.29, 1.82) is 0 Å². The number of benzene rings is 1. The molecule has 0 fully saturated rings. The molecule has 1 unspecified atom stereocenters. The van der Waals surface area contributed by atoms with Gasteiger partial charge in [-0.25, -0.2) is 4.79 Å². The molecule has 1 heterocycles. The van der Waals surface area contributed by atoms with Gasteiger partial charge in [-0.15, -0.1) is 0 Å².